The molecule has 0 spiro atoms. The Morgan fingerprint density at radius 3 is 2.55 bits per heavy atom. The zero-order chi connectivity index (χ0) is 23.7. The van der Waals surface area contributed by atoms with Crippen LogP contribution in [0.15, 0.2) is 16.8 Å². The van der Waals surface area contributed by atoms with Crippen molar-refractivity contribution in [2.45, 2.75) is 90.3 Å². The summed E-state index contributed by atoms with van der Waals surface area (Å²) in [6, 6.07) is 0. The first-order valence-electron chi connectivity index (χ1n) is 13.4. The van der Waals surface area contributed by atoms with Gasteiger partial charge in [0.1, 0.15) is 6.61 Å². The van der Waals surface area contributed by atoms with E-state index < -0.39 is 5.60 Å². The molecule has 8 atom stereocenters. The molecule has 0 amide bonds. The van der Waals surface area contributed by atoms with Crippen LogP contribution in [0.1, 0.15) is 78.6 Å². The van der Waals surface area contributed by atoms with Gasteiger partial charge in [-0.15, -0.1) is 0 Å². The zero-order valence-electron chi connectivity index (χ0n) is 21.1. The molecule has 188 valence electrons. The molecule has 0 heterocycles. The summed E-state index contributed by atoms with van der Waals surface area (Å²) < 4.78 is 6.05. The van der Waals surface area contributed by atoms with Crippen LogP contribution in [-0.4, -0.2) is 49.3 Å². The fourth-order valence-corrected chi connectivity index (χ4v) is 8.47. The van der Waals surface area contributed by atoms with Crippen LogP contribution >= 0.6 is 0 Å². The number of nitrogens with two attached hydrogens (primary N) is 2. The second kappa shape index (κ2) is 9.96. The fraction of sp³-hybridized carbons (Fsp3) is 0.889. The lowest BCUT2D eigenvalue weighted by molar-refractivity contribution is -0.209. The number of oxime groups is 1. The number of rotatable bonds is 8. The highest BCUT2D eigenvalue weighted by Gasteiger charge is 2.66. The average molecular weight is 462 g/mol. The maximum absolute atomic E-state index is 12.3. The number of nitrogens with zero attached hydrogens (tertiary/aromatic N) is 1. The number of allylic oxidation sites excluding steroid dienone is 2. The van der Waals surface area contributed by atoms with E-state index in [9.17, 15) is 5.11 Å². The predicted molar refractivity (Wildman–Crippen MR) is 133 cm³/mol. The van der Waals surface area contributed by atoms with Crippen molar-refractivity contribution in [1.29, 1.82) is 0 Å². The van der Waals surface area contributed by atoms with E-state index in [1.165, 1.54) is 25.7 Å². The van der Waals surface area contributed by atoms with Crippen molar-refractivity contribution in [3.8, 4) is 0 Å². The highest BCUT2D eigenvalue weighted by molar-refractivity contribution is 5.77. The van der Waals surface area contributed by atoms with Gasteiger partial charge in [0, 0.05) is 18.5 Å². The highest BCUT2D eigenvalue weighted by Crippen LogP contribution is 2.69. The van der Waals surface area contributed by atoms with Crippen LogP contribution in [0.25, 0.3) is 0 Å². The SMILES string of the molecule is CC(/C=N/OCCN)=C\[C@H]1CC[C@]2(O)[C@@H]3CC[C@@H]4C[C@@H](OCCN)CC[C@]4(C)[C@H]3CC[C@]12C. The first kappa shape index (κ1) is 25.2. The van der Waals surface area contributed by atoms with Gasteiger partial charge in [-0.3, -0.25) is 0 Å². The van der Waals surface area contributed by atoms with Crippen LogP contribution in [0, 0.1) is 34.5 Å². The van der Waals surface area contributed by atoms with Crippen molar-refractivity contribution in [3.05, 3.63) is 11.6 Å². The Bertz CT molecular complexity index is 742. The van der Waals surface area contributed by atoms with Crippen molar-refractivity contribution < 1.29 is 14.7 Å². The summed E-state index contributed by atoms with van der Waals surface area (Å²) in [5.41, 5.74) is 11.9. The Morgan fingerprint density at radius 2 is 1.79 bits per heavy atom. The lowest BCUT2D eigenvalue weighted by atomic mass is 9.43. The van der Waals surface area contributed by atoms with E-state index in [1.54, 1.807) is 6.21 Å². The van der Waals surface area contributed by atoms with Crippen molar-refractivity contribution in [2.24, 2.45) is 51.1 Å². The fourth-order valence-electron chi connectivity index (χ4n) is 8.47. The monoisotopic (exact) mass is 461 g/mol. The molecule has 6 nitrogen and oxygen atoms in total. The first-order chi connectivity index (χ1) is 15.8. The van der Waals surface area contributed by atoms with Crippen LogP contribution in [0.4, 0.5) is 0 Å². The van der Waals surface area contributed by atoms with Crippen LogP contribution in [0.5, 0.6) is 0 Å². The molecule has 33 heavy (non-hydrogen) atoms. The minimum absolute atomic E-state index is 0.0635. The molecule has 0 radical (unpaired) electrons. The number of hydrogen-bond acceptors (Lipinski definition) is 6. The predicted octanol–water partition coefficient (Wildman–Crippen LogP) is 4.01. The van der Waals surface area contributed by atoms with Crippen LogP contribution in [0.3, 0.4) is 0 Å². The quantitative estimate of drug-likeness (QED) is 0.288. The maximum atomic E-state index is 12.3. The van der Waals surface area contributed by atoms with Gasteiger partial charge in [0.05, 0.1) is 24.5 Å². The van der Waals surface area contributed by atoms with E-state index >= 15 is 0 Å². The minimum Gasteiger partial charge on any atom is -0.394 e. The molecule has 0 aromatic heterocycles. The molecule has 4 aliphatic carbocycles. The Hall–Kier alpha value is -0.950. The molecule has 0 unspecified atom stereocenters. The van der Waals surface area contributed by atoms with E-state index in [-0.39, 0.29) is 5.41 Å². The Kier molecular flexibility index (Phi) is 7.59. The third kappa shape index (κ3) is 4.41. The third-order valence-electron chi connectivity index (χ3n) is 10.4. The van der Waals surface area contributed by atoms with Gasteiger partial charge in [-0.05, 0) is 99.4 Å². The lowest BCUT2D eigenvalue weighted by Gasteiger charge is -2.63. The Labute approximate surface area is 200 Å². The van der Waals surface area contributed by atoms with Gasteiger partial charge in [-0.1, -0.05) is 25.1 Å². The van der Waals surface area contributed by atoms with E-state index in [0.29, 0.717) is 61.5 Å². The highest BCUT2D eigenvalue weighted by atomic mass is 16.6. The van der Waals surface area contributed by atoms with Gasteiger partial charge in [-0.25, -0.2) is 0 Å². The molecule has 0 aromatic rings. The van der Waals surface area contributed by atoms with Gasteiger partial charge in [0.25, 0.3) is 0 Å². The summed E-state index contributed by atoms with van der Waals surface area (Å²) in [5.74, 6) is 2.14. The molecule has 0 bridgehead atoms. The average Bonchev–Trinajstić information content (AvgIpc) is 3.06. The zero-order valence-corrected chi connectivity index (χ0v) is 21.1. The van der Waals surface area contributed by atoms with E-state index in [2.05, 4.69) is 32.0 Å². The van der Waals surface area contributed by atoms with Crippen LogP contribution in [-0.2, 0) is 9.57 Å². The number of aliphatic hydroxyl groups is 1. The van der Waals surface area contributed by atoms with Crippen LogP contribution < -0.4 is 11.5 Å². The molecule has 6 heteroatoms. The van der Waals surface area contributed by atoms with Crippen molar-refractivity contribution in [1.82, 2.24) is 0 Å². The molecular weight excluding hydrogens is 414 g/mol. The summed E-state index contributed by atoms with van der Waals surface area (Å²) in [7, 11) is 0. The number of ether oxygens (including phenoxy) is 1. The Balaban J connectivity index is 1.48. The summed E-state index contributed by atoms with van der Waals surface area (Å²) in [5, 5.41) is 16.4. The molecular formula is C27H47N3O3. The minimum atomic E-state index is -0.564. The van der Waals surface area contributed by atoms with Crippen LogP contribution in [0.2, 0.25) is 0 Å². The maximum Gasteiger partial charge on any atom is 0.129 e. The molecule has 0 saturated heterocycles. The summed E-state index contributed by atoms with van der Waals surface area (Å²) in [6.45, 7) is 9.17. The second-order valence-electron chi connectivity index (χ2n) is 11.8. The van der Waals surface area contributed by atoms with Gasteiger partial charge in [0.15, 0.2) is 0 Å². The third-order valence-corrected chi connectivity index (χ3v) is 10.4. The normalized spacial score (nSPS) is 45.5. The van der Waals surface area contributed by atoms with Crippen molar-refractivity contribution >= 4 is 6.21 Å². The van der Waals surface area contributed by atoms with E-state index in [0.717, 1.165) is 37.7 Å². The molecule has 4 saturated carbocycles. The molecule has 5 N–H and O–H groups in total. The molecule has 4 rings (SSSR count). The Morgan fingerprint density at radius 1 is 1.00 bits per heavy atom. The van der Waals surface area contributed by atoms with Crippen molar-refractivity contribution in [3.63, 3.8) is 0 Å². The van der Waals surface area contributed by atoms with Gasteiger partial charge in [0.2, 0.25) is 0 Å². The van der Waals surface area contributed by atoms with E-state index in [4.69, 9.17) is 21.0 Å². The van der Waals surface area contributed by atoms with E-state index in [1.807, 2.05) is 0 Å². The second-order valence-corrected chi connectivity index (χ2v) is 11.8. The number of hydrogen-bond donors (Lipinski definition) is 3. The molecule has 4 aliphatic rings. The summed E-state index contributed by atoms with van der Waals surface area (Å²) in [4.78, 5) is 5.17. The summed E-state index contributed by atoms with van der Waals surface area (Å²) in [6.07, 6.45) is 14.7. The summed E-state index contributed by atoms with van der Waals surface area (Å²) >= 11 is 0. The van der Waals surface area contributed by atoms with Crippen molar-refractivity contribution in [2.75, 3.05) is 26.3 Å². The van der Waals surface area contributed by atoms with Gasteiger partial charge < -0.3 is 26.1 Å². The lowest BCUT2D eigenvalue weighted by Crippen LogP contribution is -2.62. The smallest absolute Gasteiger partial charge is 0.129 e. The first-order valence-corrected chi connectivity index (χ1v) is 13.4. The van der Waals surface area contributed by atoms with Gasteiger partial charge >= 0.3 is 0 Å². The standard InChI is InChI=1S/C27H47N3O3/c1-19(18-30-33-15-13-29)16-21-6-11-27(31)24-5-4-20-17-22(32-14-12-28)7-9-25(20,2)23(24)8-10-26(21,27)3/h16,18,20-24,31H,4-15,17,28-29H2,1-3H3/b19-16+,30-18+/t20-,21-,22+,23+,24-,25+,26-,27+/m1/s1. The molecule has 0 aromatic carbocycles. The largest absolute Gasteiger partial charge is 0.394 e. The molecule has 0 aliphatic heterocycles. The topological polar surface area (TPSA) is 103 Å². The van der Waals surface area contributed by atoms with Gasteiger partial charge in [-0.2, -0.15) is 0 Å². The molecule has 4 fully saturated rings. The number of fused-ring (bicyclic) bond motifs is 5.